The van der Waals surface area contributed by atoms with Gasteiger partial charge < -0.3 is 15.8 Å². The van der Waals surface area contributed by atoms with E-state index < -0.39 is 12.0 Å². The Morgan fingerprint density at radius 1 is 1.35 bits per heavy atom. The molecule has 3 N–H and O–H groups in total. The van der Waals surface area contributed by atoms with Crippen molar-refractivity contribution in [3.8, 4) is 0 Å². The Labute approximate surface area is 103 Å². The summed E-state index contributed by atoms with van der Waals surface area (Å²) in [5.74, 6) is -0.654. The number of rotatable bonds is 5. The van der Waals surface area contributed by atoms with Gasteiger partial charge in [-0.25, -0.2) is 4.79 Å². The standard InChI is InChI=1S/C12H24N2O3/c1-6-17-11(16)8(2)14-10(15)7-9(13)12(3,4)5/h8-9H,6-7,13H2,1-5H3,(H,14,15). The zero-order chi connectivity index (χ0) is 13.6. The lowest BCUT2D eigenvalue weighted by atomic mass is 9.85. The zero-order valence-electron chi connectivity index (χ0n) is 11.4. The number of esters is 1. The fourth-order valence-electron chi connectivity index (χ4n) is 1.13. The molecule has 0 aromatic carbocycles. The van der Waals surface area contributed by atoms with Crippen LogP contribution in [0.1, 0.15) is 41.0 Å². The van der Waals surface area contributed by atoms with Gasteiger partial charge in [0, 0.05) is 12.5 Å². The minimum absolute atomic E-state index is 0.134. The maximum absolute atomic E-state index is 11.6. The molecule has 0 fully saturated rings. The molecule has 0 aromatic rings. The third kappa shape index (κ3) is 6.26. The van der Waals surface area contributed by atoms with E-state index in [-0.39, 0.29) is 23.8 Å². The molecular weight excluding hydrogens is 220 g/mol. The summed E-state index contributed by atoms with van der Waals surface area (Å²) in [7, 11) is 0. The van der Waals surface area contributed by atoms with Crippen LogP contribution in [0.2, 0.25) is 0 Å². The molecule has 0 aliphatic carbocycles. The number of amides is 1. The van der Waals surface area contributed by atoms with Crippen LogP contribution in [0, 0.1) is 5.41 Å². The van der Waals surface area contributed by atoms with Crippen LogP contribution in [0.3, 0.4) is 0 Å². The predicted octanol–water partition coefficient (Wildman–Crippen LogP) is 0.818. The molecule has 0 aromatic heterocycles. The fourth-order valence-corrected chi connectivity index (χ4v) is 1.13. The maximum atomic E-state index is 11.6. The van der Waals surface area contributed by atoms with Crippen molar-refractivity contribution in [2.24, 2.45) is 11.1 Å². The fraction of sp³-hybridized carbons (Fsp3) is 0.833. The van der Waals surface area contributed by atoms with Gasteiger partial charge in [-0.05, 0) is 19.3 Å². The first-order chi connectivity index (χ1) is 7.68. The van der Waals surface area contributed by atoms with Gasteiger partial charge in [0.2, 0.25) is 5.91 Å². The third-order valence-corrected chi connectivity index (χ3v) is 2.54. The second-order valence-corrected chi connectivity index (χ2v) is 5.22. The number of hydrogen-bond donors (Lipinski definition) is 2. The molecule has 100 valence electrons. The second kappa shape index (κ2) is 6.59. The molecule has 1 amide bonds. The predicted molar refractivity (Wildman–Crippen MR) is 66.3 cm³/mol. The number of ether oxygens (including phenoxy) is 1. The topological polar surface area (TPSA) is 81.4 Å². The first-order valence-electron chi connectivity index (χ1n) is 5.90. The summed E-state index contributed by atoms with van der Waals surface area (Å²) in [5.41, 5.74) is 5.75. The molecule has 0 saturated heterocycles. The highest BCUT2D eigenvalue weighted by molar-refractivity contribution is 5.84. The Morgan fingerprint density at radius 2 is 1.88 bits per heavy atom. The van der Waals surface area contributed by atoms with Gasteiger partial charge in [0.05, 0.1) is 6.61 Å². The van der Waals surface area contributed by atoms with Crippen molar-refractivity contribution in [3.05, 3.63) is 0 Å². The van der Waals surface area contributed by atoms with E-state index in [9.17, 15) is 9.59 Å². The minimum atomic E-state index is -0.630. The molecule has 2 atom stereocenters. The van der Waals surface area contributed by atoms with Gasteiger partial charge in [0.1, 0.15) is 6.04 Å². The summed E-state index contributed by atoms with van der Waals surface area (Å²) in [4.78, 5) is 22.9. The highest BCUT2D eigenvalue weighted by Crippen LogP contribution is 2.19. The number of nitrogens with one attached hydrogen (secondary N) is 1. The molecule has 0 spiro atoms. The smallest absolute Gasteiger partial charge is 0.328 e. The van der Waals surface area contributed by atoms with Gasteiger partial charge in [-0.2, -0.15) is 0 Å². The van der Waals surface area contributed by atoms with E-state index in [1.165, 1.54) is 0 Å². The molecule has 0 aliphatic heterocycles. The summed E-state index contributed by atoms with van der Waals surface area (Å²) in [6.07, 6.45) is 0.202. The molecule has 0 aliphatic rings. The van der Waals surface area contributed by atoms with Crippen molar-refractivity contribution in [3.63, 3.8) is 0 Å². The summed E-state index contributed by atoms with van der Waals surface area (Å²) in [6, 6.07) is -0.869. The highest BCUT2D eigenvalue weighted by Gasteiger charge is 2.24. The summed E-state index contributed by atoms with van der Waals surface area (Å²) < 4.78 is 4.79. The summed E-state index contributed by atoms with van der Waals surface area (Å²) in [5, 5.41) is 2.57. The van der Waals surface area contributed by atoms with Gasteiger partial charge in [0.25, 0.3) is 0 Å². The molecule has 0 radical (unpaired) electrons. The van der Waals surface area contributed by atoms with E-state index in [1.54, 1.807) is 13.8 Å². The first-order valence-corrected chi connectivity index (χ1v) is 5.90. The molecule has 0 bridgehead atoms. The van der Waals surface area contributed by atoms with Crippen LogP contribution < -0.4 is 11.1 Å². The molecule has 17 heavy (non-hydrogen) atoms. The normalized spacial score (nSPS) is 14.9. The Kier molecular flexibility index (Phi) is 6.16. The number of hydrogen-bond acceptors (Lipinski definition) is 4. The molecule has 2 unspecified atom stereocenters. The third-order valence-electron chi connectivity index (χ3n) is 2.54. The van der Waals surface area contributed by atoms with Crippen LogP contribution in [-0.2, 0) is 14.3 Å². The van der Waals surface area contributed by atoms with Crippen molar-refractivity contribution >= 4 is 11.9 Å². The van der Waals surface area contributed by atoms with Gasteiger partial charge in [-0.1, -0.05) is 20.8 Å². The van der Waals surface area contributed by atoms with Gasteiger partial charge >= 0.3 is 5.97 Å². The lowest BCUT2D eigenvalue weighted by molar-refractivity contribution is -0.146. The maximum Gasteiger partial charge on any atom is 0.328 e. The highest BCUT2D eigenvalue weighted by atomic mass is 16.5. The Hall–Kier alpha value is -1.10. The van der Waals surface area contributed by atoms with Crippen LogP contribution >= 0.6 is 0 Å². The minimum Gasteiger partial charge on any atom is -0.464 e. The molecule has 0 rings (SSSR count). The van der Waals surface area contributed by atoms with Crippen molar-refractivity contribution < 1.29 is 14.3 Å². The molecular formula is C12H24N2O3. The largest absolute Gasteiger partial charge is 0.464 e. The van der Waals surface area contributed by atoms with E-state index in [1.807, 2.05) is 20.8 Å². The molecule has 0 heterocycles. The Morgan fingerprint density at radius 3 is 2.29 bits per heavy atom. The van der Waals surface area contributed by atoms with Crippen LogP contribution in [0.4, 0.5) is 0 Å². The van der Waals surface area contributed by atoms with E-state index >= 15 is 0 Å². The summed E-state index contributed by atoms with van der Waals surface area (Å²) >= 11 is 0. The second-order valence-electron chi connectivity index (χ2n) is 5.22. The zero-order valence-corrected chi connectivity index (χ0v) is 11.4. The Balaban J connectivity index is 4.15. The quantitative estimate of drug-likeness (QED) is 0.701. The first kappa shape index (κ1) is 15.9. The van der Waals surface area contributed by atoms with E-state index in [0.29, 0.717) is 6.61 Å². The number of nitrogens with two attached hydrogens (primary N) is 1. The lowest BCUT2D eigenvalue weighted by Gasteiger charge is -2.26. The van der Waals surface area contributed by atoms with Crippen LogP contribution in [0.15, 0.2) is 0 Å². The van der Waals surface area contributed by atoms with Crippen molar-refractivity contribution in [1.29, 1.82) is 0 Å². The number of carbonyl (C=O) groups is 2. The summed E-state index contributed by atoms with van der Waals surface area (Å²) in [6.45, 7) is 9.54. The average molecular weight is 244 g/mol. The van der Waals surface area contributed by atoms with E-state index in [0.717, 1.165) is 0 Å². The van der Waals surface area contributed by atoms with Crippen molar-refractivity contribution in [1.82, 2.24) is 5.32 Å². The average Bonchev–Trinajstić information content (AvgIpc) is 2.16. The van der Waals surface area contributed by atoms with Crippen LogP contribution in [0.25, 0.3) is 0 Å². The molecule has 5 heteroatoms. The molecule has 5 nitrogen and oxygen atoms in total. The lowest BCUT2D eigenvalue weighted by Crippen LogP contribution is -2.44. The van der Waals surface area contributed by atoms with Gasteiger partial charge in [-0.3, -0.25) is 4.79 Å². The van der Waals surface area contributed by atoms with E-state index in [2.05, 4.69) is 5.32 Å². The van der Waals surface area contributed by atoms with Crippen LogP contribution in [-0.4, -0.2) is 30.6 Å². The number of carbonyl (C=O) groups excluding carboxylic acids is 2. The van der Waals surface area contributed by atoms with E-state index in [4.69, 9.17) is 10.5 Å². The van der Waals surface area contributed by atoms with Crippen LogP contribution in [0.5, 0.6) is 0 Å². The van der Waals surface area contributed by atoms with Gasteiger partial charge in [-0.15, -0.1) is 0 Å². The van der Waals surface area contributed by atoms with Crippen molar-refractivity contribution in [2.45, 2.75) is 53.1 Å². The SMILES string of the molecule is CCOC(=O)C(C)NC(=O)CC(N)C(C)(C)C. The molecule has 0 saturated carbocycles. The van der Waals surface area contributed by atoms with Crippen molar-refractivity contribution in [2.75, 3.05) is 6.61 Å². The monoisotopic (exact) mass is 244 g/mol. The van der Waals surface area contributed by atoms with Gasteiger partial charge in [0.15, 0.2) is 0 Å². The Bertz CT molecular complexity index is 271.